The molecule has 0 aromatic carbocycles. The summed E-state index contributed by atoms with van der Waals surface area (Å²) in [6.45, 7) is 4.38. The van der Waals surface area contributed by atoms with Crippen molar-refractivity contribution in [3.63, 3.8) is 0 Å². The van der Waals surface area contributed by atoms with E-state index in [-0.39, 0.29) is 24.3 Å². The van der Waals surface area contributed by atoms with E-state index in [1.165, 1.54) is 4.90 Å². The van der Waals surface area contributed by atoms with Gasteiger partial charge in [-0.2, -0.15) is 0 Å². The van der Waals surface area contributed by atoms with Gasteiger partial charge in [0.05, 0.1) is 0 Å². The van der Waals surface area contributed by atoms with Gasteiger partial charge in [-0.05, 0) is 12.3 Å². The van der Waals surface area contributed by atoms with E-state index in [4.69, 9.17) is 10.8 Å². The van der Waals surface area contributed by atoms with Crippen molar-refractivity contribution < 1.29 is 14.7 Å². The predicted molar refractivity (Wildman–Crippen MR) is 55.1 cm³/mol. The Morgan fingerprint density at radius 2 is 2.20 bits per heavy atom. The number of amides is 1. The SMILES string of the molecule is CC(CN)C(=O)N1CCC(C)C1C(=O)O. The van der Waals surface area contributed by atoms with Crippen molar-refractivity contribution in [1.82, 2.24) is 4.90 Å². The quantitative estimate of drug-likeness (QED) is 0.687. The Morgan fingerprint density at radius 3 is 2.67 bits per heavy atom. The fourth-order valence-corrected chi connectivity index (χ4v) is 1.95. The van der Waals surface area contributed by atoms with Gasteiger partial charge in [-0.15, -0.1) is 0 Å². The summed E-state index contributed by atoms with van der Waals surface area (Å²) in [4.78, 5) is 24.3. The van der Waals surface area contributed by atoms with Gasteiger partial charge in [-0.1, -0.05) is 13.8 Å². The average Bonchev–Trinajstić information content (AvgIpc) is 2.57. The fraction of sp³-hybridized carbons (Fsp3) is 0.800. The highest BCUT2D eigenvalue weighted by Crippen LogP contribution is 2.25. The van der Waals surface area contributed by atoms with E-state index in [0.717, 1.165) is 6.42 Å². The molecule has 0 aromatic heterocycles. The minimum Gasteiger partial charge on any atom is -0.480 e. The minimum absolute atomic E-state index is 0.0245. The first-order valence-corrected chi connectivity index (χ1v) is 5.22. The maximum Gasteiger partial charge on any atom is 0.326 e. The largest absolute Gasteiger partial charge is 0.480 e. The molecule has 15 heavy (non-hydrogen) atoms. The van der Waals surface area contributed by atoms with Crippen molar-refractivity contribution in [2.75, 3.05) is 13.1 Å². The van der Waals surface area contributed by atoms with Crippen LogP contribution in [-0.4, -0.2) is 41.0 Å². The van der Waals surface area contributed by atoms with Gasteiger partial charge in [0.15, 0.2) is 0 Å². The van der Waals surface area contributed by atoms with Crippen molar-refractivity contribution in [1.29, 1.82) is 0 Å². The summed E-state index contributed by atoms with van der Waals surface area (Å²) in [7, 11) is 0. The lowest BCUT2D eigenvalue weighted by Crippen LogP contribution is -2.46. The van der Waals surface area contributed by atoms with Crippen LogP contribution in [0.3, 0.4) is 0 Å². The third-order valence-electron chi connectivity index (χ3n) is 3.01. The first kappa shape index (κ1) is 12.0. The highest BCUT2D eigenvalue weighted by Gasteiger charge is 2.40. The van der Waals surface area contributed by atoms with E-state index in [0.29, 0.717) is 6.54 Å². The normalized spacial score (nSPS) is 27.8. The van der Waals surface area contributed by atoms with Crippen LogP contribution in [0.5, 0.6) is 0 Å². The first-order chi connectivity index (χ1) is 6.99. The summed E-state index contributed by atoms with van der Waals surface area (Å²) in [6, 6.07) is -0.675. The zero-order valence-electron chi connectivity index (χ0n) is 9.14. The maximum atomic E-state index is 11.8. The zero-order valence-corrected chi connectivity index (χ0v) is 9.14. The van der Waals surface area contributed by atoms with Gasteiger partial charge < -0.3 is 15.7 Å². The van der Waals surface area contributed by atoms with Gasteiger partial charge >= 0.3 is 5.97 Å². The number of aliphatic carboxylic acids is 1. The van der Waals surface area contributed by atoms with Crippen LogP contribution in [0.4, 0.5) is 0 Å². The molecule has 0 aromatic rings. The van der Waals surface area contributed by atoms with Crippen molar-refractivity contribution in [2.24, 2.45) is 17.6 Å². The molecule has 1 saturated heterocycles. The second-order valence-corrected chi connectivity index (χ2v) is 4.22. The third kappa shape index (κ3) is 2.28. The second-order valence-electron chi connectivity index (χ2n) is 4.22. The molecule has 1 aliphatic heterocycles. The van der Waals surface area contributed by atoms with Crippen LogP contribution in [-0.2, 0) is 9.59 Å². The lowest BCUT2D eigenvalue weighted by atomic mass is 10.0. The standard InChI is InChI=1S/C10H18N2O3/c1-6-3-4-12(8(6)10(14)15)9(13)7(2)5-11/h6-8H,3-5,11H2,1-2H3,(H,14,15). The van der Waals surface area contributed by atoms with Gasteiger partial charge in [-0.3, -0.25) is 4.79 Å². The lowest BCUT2D eigenvalue weighted by molar-refractivity contribution is -0.150. The van der Waals surface area contributed by atoms with Crippen molar-refractivity contribution in [2.45, 2.75) is 26.3 Å². The molecule has 3 N–H and O–H groups in total. The zero-order chi connectivity index (χ0) is 11.6. The molecule has 0 spiro atoms. The van der Waals surface area contributed by atoms with E-state index in [2.05, 4.69) is 0 Å². The molecule has 1 amide bonds. The molecular weight excluding hydrogens is 196 g/mol. The molecule has 3 atom stereocenters. The molecule has 0 saturated carbocycles. The number of rotatable bonds is 3. The molecule has 86 valence electrons. The van der Waals surface area contributed by atoms with E-state index in [9.17, 15) is 9.59 Å². The van der Waals surface area contributed by atoms with E-state index >= 15 is 0 Å². The molecule has 5 heteroatoms. The van der Waals surface area contributed by atoms with Gasteiger partial charge in [0, 0.05) is 19.0 Å². The Kier molecular flexibility index (Phi) is 3.68. The topological polar surface area (TPSA) is 83.6 Å². The van der Waals surface area contributed by atoms with Gasteiger partial charge in [-0.25, -0.2) is 4.79 Å². The summed E-state index contributed by atoms with van der Waals surface area (Å²) < 4.78 is 0. The summed E-state index contributed by atoms with van der Waals surface area (Å²) in [5.74, 6) is -1.33. The molecular formula is C10H18N2O3. The fourth-order valence-electron chi connectivity index (χ4n) is 1.95. The molecule has 3 unspecified atom stereocenters. The maximum absolute atomic E-state index is 11.8. The van der Waals surface area contributed by atoms with Crippen LogP contribution in [0.2, 0.25) is 0 Å². The highest BCUT2D eigenvalue weighted by molar-refractivity contribution is 5.85. The molecule has 0 radical (unpaired) electrons. The third-order valence-corrected chi connectivity index (χ3v) is 3.01. The summed E-state index contributed by atoms with van der Waals surface area (Å²) in [5.41, 5.74) is 5.40. The number of carboxylic acids is 1. The van der Waals surface area contributed by atoms with Gasteiger partial charge in [0.2, 0.25) is 5.91 Å². The number of carboxylic acid groups (broad SMARTS) is 1. The molecule has 1 heterocycles. The van der Waals surface area contributed by atoms with Crippen LogP contribution in [0.15, 0.2) is 0 Å². The summed E-state index contributed by atoms with van der Waals surface area (Å²) in [5, 5.41) is 9.03. The minimum atomic E-state index is -0.919. The second kappa shape index (κ2) is 4.61. The summed E-state index contributed by atoms with van der Waals surface area (Å²) >= 11 is 0. The Balaban J connectivity index is 2.77. The average molecular weight is 214 g/mol. The van der Waals surface area contributed by atoms with Crippen LogP contribution in [0.25, 0.3) is 0 Å². The van der Waals surface area contributed by atoms with Gasteiger partial charge in [0.25, 0.3) is 0 Å². The highest BCUT2D eigenvalue weighted by atomic mass is 16.4. The number of nitrogens with zero attached hydrogens (tertiary/aromatic N) is 1. The number of carbonyl (C=O) groups is 2. The Morgan fingerprint density at radius 1 is 1.60 bits per heavy atom. The lowest BCUT2D eigenvalue weighted by Gasteiger charge is -2.25. The smallest absolute Gasteiger partial charge is 0.326 e. The van der Waals surface area contributed by atoms with Crippen LogP contribution in [0, 0.1) is 11.8 Å². The van der Waals surface area contributed by atoms with Gasteiger partial charge in [0.1, 0.15) is 6.04 Å². The predicted octanol–water partition coefficient (Wildman–Crippen LogP) is -0.0972. The number of nitrogens with two attached hydrogens (primary N) is 1. The molecule has 0 aliphatic carbocycles. The number of hydrogen-bond donors (Lipinski definition) is 2. The van der Waals surface area contributed by atoms with Crippen molar-refractivity contribution in [3.05, 3.63) is 0 Å². The van der Waals surface area contributed by atoms with E-state index in [1.807, 2.05) is 6.92 Å². The van der Waals surface area contributed by atoms with E-state index < -0.39 is 12.0 Å². The molecule has 5 nitrogen and oxygen atoms in total. The Hall–Kier alpha value is -1.10. The first-order valence-electron chi connectivity index (χ1n) is 5.22. The Bertz CT molecular complexity index is 267. The molecule has 1 rings (SSSR count). The summed E-state index contributed by atoms with van der Waals surface area (Å²) in [6.07, 6.45) is 0.750. The van der Waals surface area contributed by atoms with Crippen molar-refractivity contribution in [3.8, 4) is 0 Å². The molecule has 0 bridgehead atoms. The molecule has 1 aliphatic rings. The van der Waals surface area contributed by atoms with E-state index in [1.54, 1.807) is 6.92 Å². The number of likely N-dealkylation sites (tertiary alicyclic amines) is 1. The molecule has 1 fully saturated rings. The van der Waals surface area contributed by atoms with Crippen LogP contribution >= 0.6 is 0 Å². The van der Waals surface area contributed by atoms with Crippen LogP contribution < -0.4 is 5.73 Å². The number of hydrogen-bond acceptors (Lipinski definition) is 3. The van der Waals surface area contributed by atoms with Crippen molar-refractivity contribution >= 4 is 11.9 Å². The number of carbonyl (C=O) groups excluding carboxylic acids is 1. The van der Waals surface area contributed by atoms with Crippen LogP contribution in [0.1, 0.15) is 20.3 Å². The monoisotopic (exact) mass is 214 g/mol. The Labute approximate surface area is 89.2 Å².